The van der Waals surface area contributed by atoms with Crippen molar-refractivity contribution in [2.45, 2.75) is 19.8 Å². The number of carbonyl (C=O) groups is 1. The average Bonchev–Trinajstić information content (AvgIpc) is 2.16. The monoisotopic (exact) mass is 172 g/mol. The molecule has 0 aliphatic carbocycles. The van der Waals surface area contributed by atoms with Gasteiger partial charge in [0, 0.05) is 11.1 Å². The summed E-state index contributed by atoms with van der Waals surface area (Å²) in [6, 6.07) is 5.61. The summed E-state index contributed by atoms with van der Waals surface area (Å²) >= 11 is 0. The Kier molecular flexibility index (Phi) is 2.87. The van der Waals surface area contributed by atoms with Crippen molar-refractivity contribution in [2.24, 2.45) is 0 Å². The number of aldehydes is 1. The largest absolute Gasteiger partial charge is 0.298 e. The SMILES string of the molecule is C#Cc1cccc(C(C)C)c1C=O. The lowest BCUT2D eigenvalue weighted by Crippen LogP contribution is -1.97. The zero-order valence-electron chi connectivity index (χ0n) is 7.87. The fourth-order valence-corrected chi connectivity index (χ4v) is 1.34. The molecule has 0 bridgehead atoms. The molecule has 0 atom stereocenters. The standard InChI is InChI=1S/C12H12O/c1-4-10-6-5-7-11(9(2)3)12(10)8-13/h1,5-9H,2-3H3. The second kappa shape index (κ2) is 3.91. The third-order valence-corrected chi connectivity index (χ3v) is 2.04. The van der Waals surface area contributed by atoms with E-state index in [1.54, 1.807) is 6.07 Å². The van der Waals surface area contributed by atoms with Crippen LogP contribution in [0.25, 0.3) is 0 Å². The molecule has 0 amide bonds. The molecular formula is C12H12O. The highest BCUT2D eigenvalue weighted by molar-refractivity contribution is 5.82. The molecule has 0 saturated heterocycles. The van der Waals surface area contributed by atoms with Crippen LogP contribution in [0, 0.1) is 12.3 Å². The minimum absolute atomic E-state index is 0.327. The van der Waals surface area contributed by atoms with Gasteiger partial charge >= 0.3 is 0 Å². The summed E-state index contributed by atoms with van der Waals surface area (Å²) in [5, 5.41) is 0. The highest BCUT2D eigenvalue weighted by Gasteiger charge is 2.08. The van der Waals surface area contributed by atoms with Gasteiger partial charge in [0.05, 0.1) is 0 Å². The summed E-state index contributed by atoms with van der Waals surface area (Å²) in [5.41, 5.74) is 2.35. The lowest BCUT2D eigenvalue weighted by molar-refractivity contribution is 0.112. The van der Waals surface area contributed by atoms with Crippen LogP contribution in [0.15, 0.2) is 18.2 Å². The van der Waals surface area contributed by atoms with Crippen molar-refractivity contribution in [1.82, 2.24) is 0 Å². The number of benzene rings is 1. The van der Waals surface area contributed by atoms with Gasteiger partial charge in [-0.15, -0.1) is 6.42 Å². The Morgan fingerprint density at radius 1 is 1.46 bits per heavy atom. The van der Waals surface area contributed by atoms with Crippen LogP contribution < -0.4 is 0 Å². The summed E-state index contributed by atoms with van der Waals surface area (Å²) < 4.78 is 0. The Balaban J connectivity index is 3.37. The van der Waals surface area contributed by atoms with Gasteiger partial charge < -0.3 is 0 Å². The molecule has 0 radical (unpaired) electrons. The third kappa shape index (κ3) is 1.78. The molecule has 0 unspecified atom stereocenters. The second-order valence-electron chi connectivity index (χ2n) is 3.23. The summed E-state index contributed by atoms with van der Waals surface area (Å²) in [5.74, 6) is 2.84. The highest BCUT2D eigenvalue weighted by Crippen LogP contribution is 2.20. The van der Waals surface area contributed by atoms with Crippen LogP contribution in [0.5, 0.6) is 0 Å². The Morgan fingerprint density at radius 3 is 2.62 bits per heavy atom. The lowest BCUT2D eigenvalue weighted by atomic mass is 9.94. The highest BCUT2D eigenvalue weighted by atomic mass is 16.1. The molecular weight excluding hydrogens is 160 g/mol. The molecule has 1 aromatic rings. The van der Waals surface area contributed by atoms with Crippen molar-refractivity contribution >= 4 is 6.29 Å². The van der Waals surface area contributed by atoms with Gasteiger partial charge in [-0.3, -0.25) is 4.79 Å². The minimum Gasteiger partial charge on any atom is -0.298 e. The zero-order valence-corrected chi connectivity index (χ0v) is 7.87. The molecule has 0 saturated carbocycles. The van der Waals surface area contributed by atoms with E-state index in [1.807, 2.05) is 26.0 Å². The van der Waals surface area contributed by atoms with E-state index in [-0.39, 0.29) is 0 Å². The summed E-state index contributed by atoms with van der Waals surface area (Å²) in [7, 11) is 0. The van der Waals surface area contributed by atoms with Gasteiger partial charge in [0.1, 0.15) is 0 Å². The van der Waals surface area contributed by atoms with E-state index in [4.69, 9.17) is 6.42 Å². The van der Waals surface area contributed by atoms with E-state index in [1.165, 1.54) is 0 Å². The van der Waals surface area contributed by atoms with Gasteiger partial charge in [-0.2, -0.15) is 0 Å². The van der Waals surface area contributed by atoms with E-state index < -0.39 is 0 Å². The van der Waals surface area contributed by atoms with Crippen molar-refractivity contribution in [3.05, 3.63) is 34.9 Å². The van der Waals surface area contributed by atoms with Crippen molar-refractivity contribution < 1.29 is 4.79 Å². The maximum Gasteiger partial charge on any atom is 0.151 e. The molecule has 1 aromatic carbocycles. The maximum absolute atomic E-state index is 10.8. The van der Waals surface area contributed by atoms with Crippen molar-refractivity contribution in [3.8, 4) is 12.3 Å². The Labute approximate surface area is 78.8 Å². The summed E-state index contributed by atoms with van der Waals surface area (Å²) in [6.45, 7) is 4.09. The topological polar surface area (TPSA) is 17.1 Å². The fraction of sp³-hybridized carbons (Fsp3) is 0.250. The van der Waals surface area contributed by atoms with E-state index in [2.05, 4.69) is 5.92 Å². The average molecular weight is 172 g/mol. The second-order valence-corrected chi connectivity index (χ2v) is 3.23. The quantitative estimate of drug-likeness (QED) is 0.495. The van der Waals surface area contributed by atoms with Crippen LogP contribution in [0.4, 0.5) is 0 Å². The zero-order chi connectivity index (χ0) is 9.84. The first-order valence-corrected chi connectivity index (χ1v) is 4.25. The summed E-state index contributed by atoms with van der Waals surface area (Å²) in [4.78, 5) is 10.8. The molecule has 13 heavy (non-hydrogen) atoms. The van der Waals surface area contributed by atoms with Crippen molar-refractivity contribution in [2.75, 3.05) is 0 Å². The molecule has 1 heteroatoms. The van der Waals surface area contributed by atoms with Crippen molar-refractivity contribution in [1.29, 1.82) is 0 Å². The fourth-order valence-electron chi connectivity index (χ4n) is 1.34. The Morgan fingerprint density at radius 2 is 2.15 bits per heavy atom. The van der Waals surface area contributed by atoms with Crippen LogP contribution in [-0.4, -0.2) is 6.29 Å². The minimum atomic E-state index is 0.327. The molecule has 0 fully saturated rings. The van der Waals surface area contributed by atoms with Crippen LogP contribution >= 0.6 is 0 Å². The van der Waals surface area contributed by atoms with E-state index in [0.29, 0.717) is 17.0 Å². The van der Waals surface area contributed by atoms with Gasteiger partial charge in [-0.25, -0.2) is 0 Å². The molecule has 0 N–H and O–H groups in total. The molecule has 0 aliphatic heterocycles. The number of hydrogen-bond acceptors (Lipinski definition) is 1. The van der Waals surface area contributed by atoms with Crippen LogP contribution in [0.3, 0.4) is 0 Å². The van der Waals surface area contributed by atoms with Gasteiger partial charge in [0.2, 0.25) is 0 Å². The number of carbonyl (C=O) groups excluding carboxylic acids is 1. The molecule has 0 aliphatic rings. The van der Waals surface area contributed by atoms with Crippen molar-refractivity contribution in [3.63, 3.8) is 0 Å². The maximum atomic E-state index is 10.8. The molecule has 0 aromatic heterocycles. The van der Waals surface area contributed by atoms with Crippen LogP contribution in [0.2, 0.25) is 0 Å². The number of rotatable bonds is 2. The smallest absolute Gasteiger partial charge is 0.151 e. The first-order chi connectivity index (χ1) is 6.20. The first kappa shape index (κ1) is 9.54. The molecule has 0 spiro atoms. The van der Waals surface area contributed by atoms with Gasteiger partial charge in [0.25, 0.3) is 0 Å². The van der Waals surface area contributed by atoms with Gasteiger partial charge in [-0.05, 0) is 17.5 Å². The molecule has 0 heterocycles. The molecule has 1 nitrogen and oxygen atoms in total. The lowest BCUT2D eigenvalue weighted by Gasteiger charge is -2.09. The van der Waals surface area contributed by atoms with Gasteiger partial charge in [-0.1, -0.05) is 31.9 Å². The van der Waals surface area contributed by atoms with E-state index in [9.17, 15) is 4.79 Å². The van der Waals surface area contributed by atoms with Crippen LogP contribution in [-0.2, 0) is 0 Å². The molecule has 66 valence electrons. The summed E-state index contributed by atoms with van der Waals surface area (Å²) in [6.07, 6.45) is 6.12. The van der Waals surface area contributed by atoms with Crippen LogP contribution in [0.1, 0.15) is 41.3 Å². The first-order valence-electron chi connectivity index (χ1n) is 4.25. The predicted octanol–water partition coefficient (Wildman–Crippen LogP) is 2.60. The molecule has 1 rings (SSSR count). The van der Waals surface area contributed by atoms with E-state index >= 15 is 0 Å². The normalized spacial score (nSPS) is 9.69. The Bertz CT molecular complexity index is 356. The predicted molar refractivity (Wildman–Crippen MR) is 53.9 cm³/mol. The number of hydrogen-bond donors (Lipinski definition) is 0. The third-order valence-electron chi connectivity index (χ3n) is 2.04. The number of terminal acetylenes is 1. The van der Waals surface area contributed by atoms with Gasteiger partial charge in [0.15, 0.2) is 6.29 Å². The Hall–Kier alpha value is -1.55. The van der Waals surface area contributed by atoms with E-state index in [0.717, 1.165) is 11.8 Å².